The van der Waals surface area contributed by atoms with Gasteiger partial charge in [-0.2, -0.15) is 0 Å². The van der Waals surface area contributed by atoms with Crippen molar-refractivity contribution < 1.29 is 4.79 Å². The van der Waals surface area contributed by atoms with Gasteiger partial charge in [-0.25, -0.2) is 4.98 Å². The van der Waals surface area contributed by atoms with Crippen LogP contribution < -0.4 is 16.0 Å². The van der Waals surface area contributed by atoms with Gasteiger partial charge in [-0.05, 0) is 18.8 Å². The van der Waals surface area contributed by atoms with Crippen molar-refractivity contribution in [3.8, 4) is 0 Å². The van der Waals surface area contributed by atoms with E-state index < -0.39 is 6.04 Å². The maximum Gasteiger partial charge on any atom is 0.237 e. The highest BCUT2D eigenvalue weighted by molar-refractivity contribution is 7.13. The summed E-state index contributed by atoms with van der Waals surface area (Å²) in [5.74, 6) is 0.158. The van der Waals surface area contributed by atoms with Gasteiger partial charge in [0.15, 0.2) is 5.13 Å². The van der Waals surface area contributed by atoms with Crippen molar-refractivity contribution in [1.82, 2.24) is 10.3 Å². The molecule has 1 aromatic rings. The van der Waals surface area contributed by atoms with Crippen LogP contribution in [-0.4, -0.2) is 36.6 Å². The Bertz CT molecular complexity index is 456. The molecule has 1 amide bonds. The minimum atomic E-state index is -0.411. The Morgan fingerprint density at radius 1 is 1.52 bits per heavy atom. The van der Waals surface area contributed by atoms with Crippen LogP contribution >= 0.6 is 11.3 Å². The van der Waals surface area contributed by atoms with Gasteiger partial charge in [0.05, 0.1) is 11.7 Å². The van der Waals surface area contributed by atoms with E-state index in [2.05, 4.69) is 20.6 Å². The first-order valence-corrected chi connectivity index (χ1v) is 8.72. The Hall–Kier alpha value is -1.14. The third kappa shape index (κ3) is 4.41. The Balaban J connectivity index is 1.74. The van der Waals surface area contributed by atoms with Gasteiger partial charge >= 0.3 is 0 Å². The molecule has 0 aliphatic carbocycles. The fourth-order valence-corrected chi connectivity index (χ4v) is 3.32. The Morgan fingerprint density at radius 3 is 2.90 bits per heavy atom. The lowest BCUT2D eigenvalue weighted by Crippen LogP contribution is -2.45. The maximum atomic E-state index is 11.9. The van der Waals surface area contributed by atoms with Gasteiger partial charge in [-0.1, -0.05) is 20.3 Å². The summed E-state index contributed by atoms with van der Waals surface area (Å²) in [5.41, 5.74) is 6.96. The topological polar surface area (TPSA) is 71.2 Å². The second-order valence-electron chi connectivity index (χ2n) is 5.77. The number of hydrogen-bond donors (Lipinski definition) is 2. The molecule has 118 valence electrons. The van der Waals surface area contributed by atoms with Crippen LogP contribution in [0.2, 0.25) is 0 Å². The summed E-state index contributed by atoms with van der Waals surface area (Å²) >= 11 is 1.70. The van der Waals surface area contributed by atoms with Crippen LogP contribution in [0, 0.1) is 5.92 Å². The average Bonchev–Trinajstić information content (AvgIpc) is 3.16. The molecule has 2 atom stereocenters. The highest BCUT2D eigenvalue weighted by atomic mass is 32.1. The standard InChI is InChI=1S/C15H26N4OS/c1-3-11(2)13(16)14(20)17-7-6-12-10-21-15(18-12)19-8-4-5-9-19/h10-11,13H,3-9,16H2,1-2H3,(H,17,20). The van der Waals surface area contributed by atoms with E-state index in [4.69, 9.17) is 5.73 Å². The van der Waals surface area contributed by atoms with Crippen molar-refractivity contribution in [2.75, 3.05) is 24.5 Å². The molecule has 2 unspecified atom stereocenters. The van der Waals surface area contributed by atoms with Gasteiger partial charge in [0.25, 0.3) is 0 Å². The minimum Gasteiger partial charge on any atom is -0.354 e. The zero-order chi connectivity index (χ0) is 15.2. The SMILES string of the molecule is CCC(C)C(N)C(=O)NCCc1csc(N2CCCC2)n1. The Labute approximate surface area is 130 Å². The lowest BCUT2D eigenvalue weighted by atomic mass is 9.99. The highest BCUT2D eigenvalue weighted by Gasteiger charge is 2.19. The molecular formula is C15H26N4OS. The Kier molecular flexibility index (Phi) is 5.99. The zero-order valence-electron chi connectivity index (χ0n) is 13.0. The first kappa shape index (κ1) is 16.2. The number of thiazole rings is 1. The normalized spacial score (nSPS) is 17.8. The largest absolute Gasteiger partial charge is 0.354 e. The number of amides is 1. The van der Waals surface area contributed by atoms with Crippen LogP contribution in [0.5, 0.6) is 0 Å². The van der Waals surface area contributed by atoms with Crippen molar-refractivity contribution in [2.24, 2.45) is 11.7 Å². The fourth-order valence-electron chi connectivity index (χ4n) is 2.41. The molecular weight excluding hydrogens is 284 g/mol. The van der Waals surface area contributed by atoms with Gasteiger partial charge in [0.2, 0.25) is 5.91 Å². The molecule has 21 heavy (non-hydrogen) atoms. The molecule has 0 saturated carbocycles. The van der Waals surface area contributed by atoms with Gasteiger partial charge in [-0.15, -0.1) is 11.3 Å². The molecule has 1 aromatic heterocycles. The van der Waals surface area contributed by atoms with Gasteiger partial charge in [0, 0.05) is 31.4 Å². The lowest BCUT2D eigenvalue weighted by Gasteiger charge is -2.17. The van der Waals surface area contributed by atoms with Gasteiger partial charge in [-0.3, -0.25) is 4.79 Å². The molecule has 1 saturated heterocycles. The van der Waals surface area contributed by atoms with Crippen molar-refractivity contribution in [2.45, 2.75) is 45.6 Å². The van der Waals surface area contributed by atoms with E-state index in [9.17, 15) is 4.79 Å². The number of carbonyl (C=O) groups excluding carboxylic acids is 1. The Morgan fingerprint density at radius 2 is 2.24 bits per heavy atom. The lowest BCUT2D eigenvalue weighted by molar-refractivity contribution is -0.123. The van der Waals surface area contributed by atoms with E-state index in [0.29, 0.717) is 6.54 Å². The van der Waals surface area contributed by atoms with Crippen LogP contribution in [0.3, 0.4) is 0 Å². The molecule has 1 aliphatic rings. The van der Waals surface area contributed by atoms with Crippen LogP contribution in [0.25, 0.3) is 0 Å². The summed E-state index contributed by atoms with van der Waals surface area (Å²) in [6.07, 6.45) is 4.21. The highest BCUT2D eigenvalue weighted by Crippen LogP contribution is 2.24. The molecule has 6 heteroatoms. The molecule has 1 fully saturated rings. The van der Waals surface area contributed by atoms with Crippen molar-refractivity contribution in [1.29, 1.82) is 0 Å². The van der Waals surface area contributed by atoms with Crippen molar-refractivity contribution in [3.05, 3.63) is 11.1 Å². The third-order valence-electron chi connectivity index (χ3n) is 4.16. The molecule has 0 bridgehead atoms. The zero-order valence-corrected chi connectivity index (χ0v) is 13.8. The third-order valence-corrected chi connectivity index (χ3v) is 5.11. The molecule has 5 nitrogen and oxygen atoms in total. The number of nitrogens with zero attached hydrogens (tertiary/aromatic N) is 2. The molecule has 2 rings (SSSR count). The molecule has 1 aliphatic heterocycles. The number of anilines is 1. The van der Waals surface area contributed by atoms with Crippen molar-refractivity contribution in [3.63, 3.8) is 0 Å². The summed E-state index contributed by atoms with van der Waals surface area (Å²) in [5, 5.41) is 6.12. The molecule has 0 spiro atoms. The first-order chi connectivity index (χ1) is 10.1. The fraction of sp³-hybridized carbons (Fsp3) is 0.733. The second kappa shape index (κ2) is 7.75. The number of nitrogens with one attached hydrogen (secondary N) is 1. The number of rotatable bonds is 7. The van der Waals surface area contributed by atoms with E-state index in [0.717, 1.165) is 36.8 Å². The van der Waals surface area contributed by atoms with Crippen molar-refractivity contribution >= 4 is 22.4 Å². The van der Waals surface area contributed by atoms with E-state index in [1.807, 2.05) is 13.8 Å². The number of aromatic nitrogens is 1. The predicted molar refractivity (Wildman–Crippen MR) is 87.7 cm³/mol. The second-order valence-corrected chi connectivity index (χ2v) is 6.60. The van der Waals surface area contributed by atoms with Crippen LogP contribution in [0.4, 0.5) is 5.13 Å². The van der Waals surface area contributed by atoms with Crippen LogP contribution in [0.15, 0.2) is 5.38 Å². The van der Waals surface area contributed by atoms with Crippen LogP contribution in [0.1, 0.15) is 38.8 Å². The van der Waals surface area contributed by atoms with E-state index >= 15 is 0 Å². The number of nitrogens with two attached hydrogens (primary N) is 1. The molecule has 0 radical (unpaired) electrons. The molecule has 2 heterocycles. The molecule has 3 N–H and O–H groups in total. The smallest absolute Gasteiger partial charge is 0.237 e. The van der Waals surface area contributed by atoms with E-state index in [1.54, 1.807) is 11.3 Å². The molecule has 0 aromatic carbocycles. The quantitative estimate of drug-likeness (QED) is 0.805. The van der Waals surface area contributed by atoms with Gasteiger partial charge in [0.1, 0.15) is 0 Å². The summed E-state index contributed by atoms with van der Waals surface area (Å²) in [6, 6.07) is -0.411. The monoisotopic (exact) mass is 310 g/mol. The first-order valence-electron chi connectivity index (χ1n) is 7.84. The minimum absolute atomic E-state index is 0.0562. The maximum absolute atomic E-state index is 11.9. The average molecular weight is 310 g/mol. The number of carbonyl (C=O) groups is 1. The van der Waals surface area contributed by atoms with Gasteiger partial charge < -0.3 is 16.0 Å². The summed E-state index contributed by atoms with van der Waals surface area (Å²) in [7, 11) is 0. The summed E-state index contributed by atoms with van der Waals surface area (Å²) in [6.45, 7) is 6.90. The van der Waals surface area contributed by atoms with Crippen LogP contribution in [-0.2, 0) is 11.2 Å². The summed E-state index contributed by atoms with van der Waals surface area (Å²) < 4.78 is 0. The summed E-state index contributed by atoms with van der Waals surface area (Å²) in [4.78, 5) is 18.9. The number of hydrogen-bond acceptors (Lipinski definition) is 5. The van der Waals surface area contributed by atoms with E-state index in [-0.39, 0.29) is 11.8 Å². The predicted octanol–water partition coefficient (Wildman–Crippen LogP) is 1.78. The van der Waals surface area contributed by atoms with E-state index in [1.165, 1.54) is 12.8 Å².